The molecule has 2 aromatic heterocycles. The Kier molecular flexibility index (Phi) is 7.13. The molecule has 14 nitrogen and oxygen atoms in total. The first-order valence-corrected chi connectivity index (χ1v) is 13.6. The molecule has 1 aromatic carbocycles. The van der Waals surface area contributed by atoms with Gasteiger partial charge < -0.3 is 30.3 Å². The van der Waals surface area contributed by atoms with Crippen LogP contribution in [0.1, 0.15) is 24.1 Å². The molecule has 0 unspecified atom stereocenters. The quantitative estimate of drug-likeness (QED) is 0.357. The summed E-state index contributed by atoms with van der Waals surface area (Å²) in [6.07, 6.45) is 2.90. The van der Waals surface area contributed by atoms with Crippen molar-refractivity contribution in [1.82, 2.24) is 29.8 Å². The van der Waals surface area contributed by atoms with Crippen molar-refractivity contribution in [2.75, 3.05) is 55.9 Å². The van der Waals surface area contributed by atoms with E-state index >= 15 is 0 Å². The van der Waals surface area contributed by atoms with E-state index in [-0.39, 0.29) is 29.8 Å². The topological polar surface area (TPSA) is 169 Å². The van der Waals surface area contributed by atoms with Crippen molar-refractivity contribution in [3.05, 3.63) is 34.6 Å². The number of methoxy groups -OCH3 is 2. The third kappa shape index (κ3) is 5.25. The number of likely N-dealkylation sites (tertiary alicyclic amines) is 1. The highest BCUT2D eigenvalue weighted by molar-refractivity contribution is 6.36. The number of imidazole rings is 1. The van der Waals surface area contributed by atoms with Gasteiger partial charge in [0.25, 0.3) is 0 Å². The number of nitriles is 2. The predicted octanol–water partition coefficient (Wildman–Crippen LogP) is 2.08. The summed E-state index contributed by atoms with van der Waals surface area (Å²) in [6, 6.07) is 8.08. The molecule has 1 aliphatic carbocycles. The number of anilines is 4. The van der Waals surface area contributed by atoms with Gasteiger partial charge in [0.1, 0.15) is 6.07 Å². The van der Waals surface area contributed by atoms with Gasteiger partial charge in [0.05, 0.1) is 53.5 Å². The van der Waals surface area contributed by atoms with Crippen LogP contribution in [0.4, 0.5) is 27.9 Å². The molecule has 41 heavy (non-hydrogen) atoms. The lowest BCUT2D eigenvalue weighted by molar-refractivity contribution is 0.0812. The maximum atomic E-state index is 11.7. The van der Waals surface area contributed by atoms with Gasteiger partial charge in [-0.3, -0.25) is 4.90 Å². The second-order valence-electron chi connectivity index (χ2n) is 10.3. The number of nitrogens with one attached hydrogen (secondary N) is 3. The fourth-order valence-electron chi connectivity index (χ4n) is 5.22. The van der Waals surface area contributed by atoms with Crippen LogP contribution in [0.5, 0.6) is 0 Å². The molecule has 1 amide bonds. The van der Waals surface area contributed by atoms with Gasteiger partial charge in [-0.05, 0) is 25.0 Å². The number of hydrogen-bond donors (Lipinski definition) is 3. The number of alkyl carbamates (subject to hydrolysis) is 1. The normalized spacial score (nSPS) is 20.8. The van der Waals surface area contributed by atoms with E-state index in [1.54, 1.807) is 19.2 Å². The van der Waals surface area contributed by atoms with E-state index in [1.165, 1.54) is 17.8 Å². The van der Waals surface area contributed by atoms with E-state index in [0.29, 0.717) is 65.6 Å². The molecule has 3 fully saturated rings. The lowest BCUT2D eigenvalue weighted by atomic mass is 10.0. The van der Waals surface area contributed by atoms with Crippen molar-refractivity contribution in [2.24, 2.45) is 0 Å². The van der Waals surface area contributed by atoms with Gasteiger partial charge in [-0.1, -0.05) is 11.6 Å². The first-order chi connectivity index (χ1) is 19.9. The molecule has 2 aliphatic heterocycles. The Labute approximate surface area is 240 Å². The molecule has 2 saturated heterocycles. The zero-order valence-electron chi connectivity index (χ0n) is 22.5. The second-order valence-corrected chi connectivity index (χ2v) is 10.7. The standard InChI is InChI=1S/C26H28ClN11O3/c1-40-21-13-36(12-19(21)33-26(39)41-2)17-10-37(11-17)20-6-14(7-28)5-18(22(20)27)32-25-34-23(31-15-3-4-15)24-30-9-16(8-29)38(24)35-25/h5-6,9,15,17,19,21H,3-4,10-13H2,1-2H3,(H,33,39)(H2,31,32,34,35)/t19-,21+/m0/s1. The van der Waals surface area contributed by atoms with Crippen LogP contribution in [0, 0.1) is 22.7 Å². The Bertz CT molecular complexity index is 1570. The minimum Gasteiger partial charge on any atom is -0.453 e. The van der Waals surface area contributed by atoms with Crippen molar-refractivity contribution in [3.63, 3.8) is 0 Å². The minimum atomic E-state index is -0.482. The molecule has 0 radical (unpaired) electrons. The summed E-state index contributed by atoms with van der Waals surface area (Å²) in [5.41, 5.74) is 2.35. The molecule has 15 heteroatoms. The number of nitrogens with zero attached hydrogens (tertiary/aromatic N) is 8. The maximum Gasteiger partial charge on any atom is 0.407 e. The second kappa shape index (κ2) is 10.9. The van der Waals surface area contributed by atoms with Crippen molar-refractivity contribution in [1.29, 1.82) is 10.5 Å². The largest absolute Gasteiger partial charge is 0.453 e. The highest BCUT2D eigenvalue weighted by Gasteiger charge is 2.42. The molecule has 212 valence electrons. The lowest BCUT2D eigenvalue weighted by Crippen LogP contribution is -2.59. The molecule has 1 saturated carbocycles. The highest BCUT2D eigenvalue weighted by Crippen LogP contribution is 2.39. The number of hydrogen-bond acceptors (Lipinski definition) is 12. The number of fused-ring (bicyclic) bond motifs is 1. The molecule has 0 spiro atoms. The Morgan fingerprint density at radius 1 is 1.15 bits per heavy atom. The van der Waals surface area contributed by atoms with Gasteiger partial charge in [0.2, 0.25) is 5.95 Å². The fourth-order valence-corrected chi connectivity index (χ4v) is 5.49. The lowest BCUT2D eigenvalue weighted by Gasteiger charge is -2.46. The van der Waals surface area contributed by atoms with Crippen molar-refractivity contribution < 1.29 is 14.3 Å². The zero-order chi connectivity index (χ0) is 28.7. The first-order valence-electron chi connectivity index (χ1n) is 13.2. The van der Waals surface area contributed by atoms with Gasteiger partial charge in [-0.2, -0.15) is 20.0 Å². The zero-order valence-corrected chi connectivity index (χ0v) is 23.2. The van der Waals surface area contributed by atoms with Crippen LogP contribution in [-0.4, -0.2) is 95.2 Å². The summed E-state index contributed by atoms with van der Waals surface area (Å²) in [5.74, 6) is 0.733. The molecule has 3 aromatic rings. The molecule has 4 heterocycles. The third-order valence-electron chi connectivity index (χ3n) is 7.63. The number of halogens is 1. The number of carbonyl (C=O) groups excluding carboxylic acids is 1. The van der Waals surface area contributed by atoms with E-state index in [0.717, 1.165) is 12.8 Å². The van der Waals surface area contributed by atoms with Crippen molar-refractivity contribution >= 4 is 46.5 Å². The summed E-state index contributed by atoms with van der Waals surface area (Å²) >= 11 is 6.88. The van der Waals surface area contributed by atoms with E-state index in [9.17, 15) is 15.3 Å². The first kappa shape index (κ1) is 26.8. The van der Waals surface area contributed by atoms with Gasteiger partial charge in [0, 0.05) is 45.4 Å². The van der Waals surface area contributed by atoms with Crippen LogP contribution in [0.15, 0.2) is 18.3 Å². The molecule has 2 atom stereocenters. The predicted molar refractivity (Wildman–Crippen MR) is 149 cm³/mol. The number of aromatic nitrogens is 4. The van der Waals surface area contributed by atoms with Crippen LogP contribution >= 0.6 is 11.6 Å². The monoisotopic (exact) mass is 577 g/mol. The molecule has 6 rings (SSSR count). The van der Waals surface area contributed by atoms with Gasteiger partial charge in [-0.25, -0.2) is 9.78 Å². The van der Waals surface area contributed by atoms with Crippen LogP contribution in [0.3, 0.4) is 0 Å². The maximum absolute atomic E-state index is 11.7. The van der Waals surface area contributed by atoms with Crippen molar-refractivity contribution in [3.8, 4) is 12.1 Å². The number of ether oxygens (including phenoxy) is 2. The van der Waals surface area contributed by atoms with E-state index in [4.69, 9.17) is 21.1 Å². The Morgan fingerprint density at radius 3 is 2.63 bits per heavy atom. The summed E-state index contributed by atoms with van der Waals surface area (Å²) < 4.78 is 11.8. The number of amides is 1. The van der Waals surface area contributed by atoms with Crippen LogP contribution in [0.2, 0.25) is 5.02 Å². The number of rotatable bonds is 8. The van der Waals surface area contributed by atoms with Crippen LogP contribution < -0.4 is 20.9 Å². The van der Waals surface area contributed by atoms with E-state index < -0.39 is 6.09 Å². The minimum absolute atomic E-state index is 0.141. The fraction of sp³-hybridized carbons (Fsp3) is 0.462. The highest BCUT2D eigenvalue weighted by atomic mass is 35.5. The summed E-state index contributed by atoms with van der Waals surface area (Å²) in [7, 11) is 2.97. The Balaban J connectivity index is 1.21. The summed E-state index contributed by atoms with van der Waals surface area (Å²) in [6.45, 7) is 2.70. The third-order valence-corrected chi connectivity index (χ3v) is 8.03. The average molecular weight is 578 g/mol. The smallest absolute Gasteiger partial charge is 0.407 e. The van der Waals surface area contributed by atoms with Crippen molar-refractivity contribution in [2.45, 2.75) is 37.1 Å². The van der Waals surface area contributed by atoms with Gasteiger partial charge >= 0.3 is 6.09 Å². The summed E-state index contributed by atoms with van der Waals surface area (Å²) in [5, 5.41) is 33.5. The average Bonchev–Trinajstić information content (AvgIpc) is 3.53. The molecule has 3 N–H and O–H groups in total. The van der Waals surface area contributed by atoms with Crippen LogP contribution in [-0.2, 0) is 9.47 Å². The number of benzene rings is 1. The van der Waals surface area contributed by atoms with Crippen LogP contribution in [0.25, 0.3) is 5.65 Å². The number of carbonyl (C=O) groups is 1. The van der Waals surface area contributed by atoms with E-state index in [2.05, 4.69) is 53.0 Å². The SMILES string of the molecule is COC(=O)N[C@H]1CN(C2CN(c3cc(C#N)cc(Nc4nc(NC5CC5)c5ncc(C#N)n5n4)c3Cl)C2)C[C@H]1OC. The Morgan fingerprint density at radius 2 is 1.95 bits per heavy atom. The molecule has 3 aliphatic rings. The summed E-state index contributed by atoms with van der Waals surface area (Å²) in [4.78, 5) is 25.0. The Hall–Kier alpha value is -4.37. The molecule has 0 bridgehead atoms. The van der Waals surface area contributed by atoms with Gasteiger partial charge in [-0.15, -0.1) is 5.10 Å². The molecular formula is C26H28ClN11O3. The van der Waals surface area contributed by atoms with Gasteiger partial charge in [0.15, 0.2) is 17.2 Å². The van der Waals surface area contributed by atoms with E-state index in [1.807, 2.05) is 0 Å². The molecular weight excluding hydrogens is 550 g/mol.